The molecule has 0 atom stereocenters. The first-order valence-corrected chi connectivity index (χ1v) is 14.0. The van der Waals surface area contributed by atoms with E-state index in [1.54, 1.807) is 36.2 Å². The molecule has 0 saturated carbocycles. The minimum atomic E-state index is -3.71. The minimum Gasteiger partial charge on any atom is -0.496 e. The highest BCUT2D eigenvalue weighted by molar-refractivity contribution is 7.87. The van der Waals surface area contributed by atoms with Crippen molar-refractivity contribution in [2.45, 2.75) is 46.2 Å². The lowest BCUT2D eigenvalue weighted by Crippen LogP contribution is -2.57. The van der Waals surface area contributed by atoms with Crippen LogP contribution in [0.2, 0.25) is 0 Å². The molecular weight excluding hydrogens is 509 g/mol. The van der Waals surface area contributed by atoms with Crippen LogP contribution in [0.5, 0.6) is 11.5 Å². The van der Waals surface area contributed by atoms with Crippen LogP contribution in [0.4, 0.5) is 21.5 Å². The number of rotatable bonds is 7. The van der Waals surface area contributed by atoms with Crippen LogP contribution in [0, 0.1) is 12.7 Å². The van der Waals surface area contributed by atoms with Crippen LogP contribution in [-0.4, -0.2) is 32.7 Å². The third kappa shape index (κ3) is 4.32. The standard InChI is InChI=1S/C28H30FN3O5S/c1-6-13-38(34,35)37-19-9-10-21(25(15-19)36-5)20-11-12-23-26-22(20)16-31(24-14-18(29)8-7-17(24)2)32(26)27(33)28(3,4)30-23/h7-12,14-15,30H,6,13,16H2,1-5H3. The van der Waals surface area contributed by atoms with Gasteiger partial charge in [-0.2, -0.15) is 8.42 Å². The van der Waals surface area contributed by atoms with Crippen molar-refractivity contribution in [2.24, 2.45) is 0 Å². The lowest BCUT2D eigenvalue weighted by Gasteiger charge is -2.41. The number of hydrogen-bond acceptors (Lipinski definition) is 7. The lowest BCUT2D eigenvalue weighted by molar-refractivity contribution is -0.122. The molecule has 200 valence electrons. The molecule has 8 nitrogen and oxygen atoms in total. The van der Waals surface area contributed by atoms with Gasteiger partial charge in [0.2, 0.25) is 0 Å². The normalized spacial score (nSPS) is 15.8. The van der Waals surface area contributed by atoms with E-state index in [-0.39, 0.29) is 23.2 Å². The summed E-state index contributed by atoms with van der Waals surface area (Å²) in [5.74, 6) is -0.0619. The molecule has 3 aromatic rings. The highest BCUT2D eigenvalue weighted by atomic mass is 32.2. The summed E-state index contributed by atoms with van der Waals surface area (Å²) in [6.45, 7) is 7.59. The summed E-state index contributed by atoms with van der Waals surface area (Å²) in [5, 5.41) is 6.78. The Balaban J connectivity index is 1.65. The maximum atomic E-state index is 14.3. The van der Waals surface area contributed by atoms with Gasteiger partial charge in [-0.1, -0.05) is 19.1 Å². The van der Waals surface area contributed by atoms with Crippen molar-refractivity contribution in [3.8, 4) is 22.6 Å². The second-order valence-electron chi connectivity index (χ2n) is 10.1. The van der Waals surface area contributed by atoms with Crippen LogP contribution in [0.1, 0.15) is 38.3 Å². The van der Waals surface area contributed by atoms with E-state index >= 15 is 0 Å². The molecule has 0 aliphatic carbocycles. The highest BCUT2D eigenvalue weighted by Gasteiger charge is 2.47. The number of halogens is 1. The molecule has 2 aliphatic heterocycles. The maximum Gasteiger partial charge on any atom is 0.309 e. The van der Waals surface area contributed by atoms with Gasteiger partial charge in [-0.05, 0) is 68.7 Å². The number of ether oxygens (including phenoxy) is 1. The Morgan fingerprint density at radius 3 is 2.53 bits per heavy atom. The molecule has 0 fully saturated rings. The van der Waals surface area contributed by atoms with E-state index in [2.05, 4.69) is 5.32 Å². The molecule has 10 heteroatoms. The van der Waals surface area contributed by atoms with Gasteiger partial charge in [0.05, 0.1) is 36.5 Å². The van der Waals surface area contributed by atoms with Gasteiger partial charge in [0.25, 0.3) is 5.91 Å². The van der Waals surface area contributed by atoms with Crippen LogP contribution in [0.3, 0.4) is 0 Å². The molecular formula is C28H30FN3O5S. The Kier molecular flexibility index (Phi) is 6.25. The molecule has 1 N–H and O–H groups in total. The Hall–Kier alpha value is -3.79. The summed E-state index contributed by atoms with van der Waals surface area (Å²) < 4.78 is 49.6. The molecule has 2 aliphatic rings. The fourth-order valence-electron chi connectivity index (χ4n) is 5.04. The van der Waals surface area contributed by atoms with Gasteiger partial charge < -0.3 is 14.2 Å². The van der Waals surface area contributed by atoms with Crippen molar-refractivity contribution in [1.29, 1.82) is 0 Å². The van der Waals surface area contributed by atoms with Gasteiger partial charge in [-0.25, -0.2) is 9.40 Å². The van der Waals surface area contributed by atoms with E-state index in [1.165, 1.54) is 19.2 Å². The van der Waals surface area contributed by atoms with Gasteiger partial charge >= 0.3 is 10.1 Å². The molecule has 0 spiro atoms. The van der Waals surface area contributed by atoms with Gasteiger partial charge in [0, 0.05) is 17.2 Å². The number of nitrogens with zero attached hydrogens (tertiary/aromatic N) is 2. The molecule has 0 bridgehead atoms. The SMILES string of the molecule is CCCS(=O)(=O)Oc1ccc(-c2ccc3c4c2CN(c2cc(F)ccc2C)N4C(=O)C(C)(C)N3)c(OC)c1. The fraction of sp³-hybridized carbons (Fsp3) is 0.321. The Morgan fingerprint density at radius 1 is 1.08 bits per heavy atom. The molecule has 0 saturated heterocycles. The van der Waals surface area contributed by atoms with Gasteiger partial charge in [-0.3, -0.25) is 9.80 Å². The topological polar surface area (TPSA) is 88.2 Å². The molecule has 0 radical (unpaired) electrons. The smallest absolute Gasteiger partial charge is 0.309 e. The average molecular weight is 540 g/mol. The van der Waals surface area contributed by atoms with Crippen molar-refractivity contribution >= 4 is 33.1 Å². The molecule has 2 heterocycles. The second kappa shape index (κ2) is 9.20. The summed E-state index contributed by atoms with van der Waals surface area (Å²) in [5.41, 5.74) is 4.40. The predicted molar refractivity (Wildman–Crippen MR) is 146 cm³/mol. The second-order valence-corrected chi connectivity index (χ2v) is 11.7. The monoisotopic (exact) mass is 539 g/mol. The summed E-state index contributed by atoms with van der Waals surface area (Å²) in [6.07, 6.45) is 0.442. The predicted octanol–water partition coefficient (Wildman–Crippen LogP) is 5.40. The molecule has 0 aromatic heterocycles. The third-order valence-electron chi connectivity index (χ3n) is 6.81. The lowest BCUT2D eigenvalue weighted by atomic mass is 9.93. The number of nitrogens with one attached hydrogen (secondary N) is 1. The first-order chi connectivity index (χ1) is 18.0. The highest BCUT2D eigenvalue weighted by Crippen LogP contribution is 2.50. The molecule has 38 heavy (non-hydrogen) atoms. The number of hydrazine groups is 1. The van der Waals surface area contributed by atoms with Crippen molar-refractivity contribution in [1.82, 2.24) is 0 Å². The Bertz CT molecular complexity index is 1550. The van der Waals surface area contributed by atoms with Gasteiger partial charge in [0.1, 0.15) is 22.9 Å². The largest absolute Gasteiger partial charge is 0.496 e. The summed E-state index contributed by atoms with van der Waals surface area (Å²) in [4.78, 5) is 13.7. The average Bonchev–Trinajstić information content (AvgIpc) is 3.25. The van der Waals surface area contributed by atoms with Crippen molar-refractivity contribution in [3.63, 3.8) is 0 Å². The van der Waals surface area contributed by atoms with Crippen molar-refractivity contribution < 1.29 is 26.5 Å². The fourth-order valence-corrected chi connectivity index (χ4v) is 6.02. The number of carbonyl (C=O) groups is 1. The number of hydrogen-bond donors (Lipinski definition) is 1. The number of amides is 1. The number of aryl methyl sites for hydroxylation is 1. The molecule has 3 aromatic carbocycles. The van der Waals surface area contributed by atoms with E-state index in [0.29, 0.717) is 35.7 Å². The molecule has 5 rings (SSSR count). The van der Waals surface area contributed by atoms with E-state index in [9.17, 15) is 17.6 Å². The molecule has 0 unspecified atom stereocenters. The van der Waals surface area contributed by atoms with Crippen LogP contribution in [-0.2, 0) is 21.5 Å². The summed E-state index contributed by atoms with van der Waals surface area (Å²) in [6, 6.07) is 13.3. The maximum absolute atomic E-state index is 14.3. The van der Waals surface area contributed by atoms with E-state index < -0.39 is 15.7 Å². The number of benzene rings is 3. The zero-order chi connectivity index (χ0) is 27.4. The van der Waals surface area contributed by atoms with Crippen molar-refractivity contribution in [3.05, 3.63) is 65.5 Å². The zero-order valence-corrected chi connectivity index (χ0v) is 22.8. The Labute approximate surface area is 222 Å². The van der Waals surface area contributed by atoms with E-state index in [1.807, 2.05) is 37.9 Å². The molecule has 1 amide bonds. The third-order valence-corrected chi connectivity index (χ3v) is 8.16. The van der Waals surface area contributed by atoms with E-state index in [4.69, 9.17) is 8.92 Å². The number of methoxy groups -OCH3 is 1. The summed E-state index contributed by atoms with van der Waals surface area (Å²) >= 11 is 0. The van der Waals surface area contributed by atoms with Crippen LogP contribution in [0.25, 0.3) is 11.1 Å². The van der Waals surface area contributed by atoms with Crippen LogP contribution < -0.4 is 24.3 Å². The van der Waals surface area contributed by atoms with Gasteiger partial charge in [0.15, 0.2) is 0 Å². The van der Waals surface area contributed by atoms with E-state index in [0.717, 1.165) is 22.4 Å². The first-order valence-electron chi connectivity index (χ1n) is 12.4. The summed E-state index contributed by atoms with van der Waals surface area (Å²) in [7, 11) is -2.21. The zero-order valence-electron chi connectivity index (χ0n) is 22.0. The van der Waals surface area contributed by atoms with Crippen LogP contribution in [0.15, 0.2) is 48.5 Å². The minimum absolute atomic E-state index is 0.0887. The number of anilines is 3. The van der Waals surface area contributed by atoms with Gasteiger partial charge in [-0.15, -0.1) is 0 Å². The quantitative estimate of drug-likeness (QED) is 0.402. The Morgan fingerprint density at radius 2 is 1.82 bits per heavy atom. The number of carbonyl (C=O) groups excluding carboxylic acids is 1. The first kappa shape index (κ1) is 25.8. The van der Waals surface area contributed by atoms with Crippen molar-refractivity contribution in [2.75, 3.05) is 28.2 Å². The van der Waals surface area contributed by atoms with Crippen LogP contribution >= 0.6 is 0 Å².